The lowest BCUT2D eigenvalue weighted by atomic mass is 10.2. The lowest BCUT2D eigenvalue weighted by Gasteiger charge is -1.94. The summed E-state index contributed by atoms with van der Waals surface area (Å²) in [6.45, 7) is 0. The predicted molar refractivity (Wildman–Crippen MR) is 87.2 cm³/mol. The second-order valence-electron chi connectivity index (χ2n) is 4.93. The van der Waals surface area contributed by atoms with Crippen molar-refractivity contribution in [3.8, 4) is 0 Å². The van der Waals surface area contributed by atoms with Gasteiger partial charge in [-0.25, -0.2) is 0 Å². The van der Waals surface area contributed by atoms with Crippen molar-refractivity contribution in [2.75, 3.05) is 0 Å². The maximum absolute atomic E-state index is 3.46. The maximum Gasteiger partial charge on any atom is 0.503 e. The first-order chi connectivity index (χ1) is 10.4. The molecule has 0 unspecified atom stereocenters. The number of hydrogen-bond donors (Lipinski definition) is 0. The van der Waals surface area contributed by atoms with E-state index >= 15 is 0 Å². The summed E-state index contributed by atoms with van der Waals surface area (Å²) in [5.74, 6) is 0. The molecule has 0 saturated heterocycles. The van der Waals surface area contributed by atoms with Crippen LogP contribution in [0.2, 0.25) is 0 Å². The molecule has 21 heavy (non-hydrogen) atoms. The van der Waals surface area contributed by atoms with Gasteiger partial charge >= 0.3 is 6.01 Å². The minimum absolute atomic E-state index is 1.11. The number of fused-ring (bicyclic) bond motifs is 1. The first kappa shape index (κ1) is 11.8. The number of nitrogens with zero attached hydrogens (tertiary/aromatic N) is 2. The number of benzene rings is 3. The zero-order valence-electron chi connectivity index (χ0n) is 11.5. The minimum atomic E-state index is 1.11. The van der Waals surface area contributed by atoms with Gasteiger partial charge in [0.25, 0.3) is 11.4 Å². The minimum Gasteiger partial charge on any atom is -0.0618 e. The highest BCUT2D eigenvalue weighted by Gasteiger charge is 2.35. The van der Waals surface area contributed by atoms with Crippen LogP contribution in [0.25, 0.3) is 0 Å². The van der Waals surface area contributed by atoms with E-state index < -0.39 is 0 Å². The van der Waals surface area contributed by atoms with Crippen LogP contribution in [-0.2, 0) is 0 Å². The van der Waals surface area contributed by atoms with Crippen LogP contribution >= 0.6 is 0 Å². The van der Waals surface area contributed by atoms with Gasteiger partial charge in [-0.2, -0.15) is 0 Å². The molecule has 4 rings (SSSR count). The third-order valence-corrected chi connectivity index (χ3v) is 3.59. The quantitative estimate of drug-likeness (QED) is 0.472. The molecule has 0 aromatic heterocycles. The molecular formula is C19H14N2+2. The van der Waals surface area contributed by atoms with Gasteiger partial charge in [0.1, 0.15) is 0 Å². The molecule has 0 N–H and O–H groups in total. The van der Waals surface area contributed by atoms with Crippen molar-refractivity contribution in [2.45, 2.75) is 0 Å². The third-order valence-electron chi connectivity index (χ3n) is 3.59. The molecule has 3 aromatic rings. The van der Waals surface area contributed by atoms with Crippen LogP contribution in [-0.4, -0.2) is 6.01 Å². The van der Waals surface area contributed by atoms with Gasteiger partial charge in [-0.3, -0.25) is 0 Å². The smallest absolute Gasteiger partial charge is 0.0618 e. The molecule has 0 bridgehead atoms. The van der Waals surface area contributed by atoms with E-state index in [2.05, 4.69) is 63.7 Å². The second-order valence-corrected chi connectivity index (χ2v) is 4.93. The zero-order chi connectivity index (χ0) is 14.1. The van der Waals surface area contributed by atoms with Crippen molar-refractivity contribution in [3.05, 3.63) is 84.9 Å². The van der Waals surface area contributed by atoms with Gasteiger partial charge in [0.05, 0.1) is 0 Å². The van der Waals surface area contributed by atoms with Gasteiger partial charge in [-0.15, -0.1) is 0 Å². The normalized spacial score (nSPS) is 12.6. The van der Waals surface area contributed by atoms with Gasteiger partial charge in [-0.1, -0.05) is 48.5 Å². The summed E-state index contributed by atoms with van der Waals surface area (Å²) in [6.07, 6.45) is 0. The van der Waals surface area contributed by atoms with E-state index in [9.17, 15) is 0 Å². The molecule has 1 aliphatic heterocycles. The van der Waals surface area contributed by atoms with Gasteiger partial charge in [-0.05, 0) is 9.15 Å². The summed E-state index contributed by atoms with van der Waals surface area (Å²) in [5, 5.41) is 0. The fraction of sp³-hybridized carbons (Fsp3) is 0. The average molecular weight is 270 g/mol. The summed E-state index contributed by atoms with van der Waals surface area (Å²) >= 11 is 0. The summed E-state index contributed by atoms with van der Waals surface area (Å²) in [6, 6.07) is 32.4. The predicted octanol–water partition coefficient (Wildman–Crippen LogP) is 4.54. The van der Waals surface area contributed by atoms with Gasteiger partial charge in [0, 0.05) is 36.4 Å². The maximum atomic E-state index is 3.46. The van der Waals surface area contributed by atoms with Crippen LogP contribution in [0.4, 0.5) is 22.7 Å². The van der Waals surface area contributed by atoms with Crippen molar-refractivity contribution < 1.29 is 0 Å². The van der Waals surface area contributed by atoms with Crippen LogP contribution in [0.1, 0.15) is 0 Å². The van der Waals surface area contributed by atoms with Crippen LogP contribution in [0.3, 0.4) is 0 Å². The molecular weight excluding hydrogens is 256 g/mol. The molecule has 0 atom stereocenters. The Labute approximate surface area is 123 Å². The fourth-order valence-corrected chi connectivity index (χ4v) is 2.60. The molecule has 0 amide bonds. The van der Waals surface area contributed by atoms with Crippen LogP contribution in [0, 0.1) is 0 Å². The van der Waals surface area contributed by atoms with E-state index in [4.69, 9.17) is 0 Å². The van der Waals surface area contributed by atoms with Crippen molar-refractivity contribution in [1.82, 2.24) is 9.15 Å². The largest absolute Gasteiger partial charge is 0.503 e. The van der Waals surface area contributed by atoms with Gasteiger partial charge in [0.15, 0.2) is 0 Å². The van der Waals surface area contributed by atoms with Crippen molar-refractivity contribution >= 4 is 28.8 Å². The van der Waals surface area contributed by atoms with E-state index in [1.165, 1.54) is 0 Å². The molecule has 0 aliphatic carbocycles. The number of rotatable bonds is 2. The highest BCUT2D eigenvalue weighted by Crippen LogP contribution is 2.34. The third kappa shape index (κ3) is 1.99. The summed E-state index contributed by atoms with van der Waals surface area (Å²) in [4.78, 5) is 0. The van der Waals surface area contributed by atoms with E-state index in [-0.39, 0.29) is 0 Å². The first-order valence-corrected chi connectivity index (χ1v) is 6.99. The molecule has 98 valence electrons. The number of para-hydroxylation sites is 4. The molecule has 1 heterocycles. The highest BCUT2D eigenvalue weighted by molar-refractivity contribution is 5.84. The van der Waals surface area contributed by atoms with Crippen LogP contribution in [0.15, 0.2) is 84.9 Å². The lowest BCUT2D eigenvalue weighted by molar-refractivity contribution is 1.12. The van der Waals surface area contributed by atoms with Crippen LogP contribution in [0.5, 0.6) is 0 Å². The summed E-state index contributed by atoms with van der Waals surface area (Å²) in [5.41, 5.74) is 4.52. The SMILES string of the molecule is C1=[N+](c2ccccc2)c2ccccc2[N+]=1c1ccccc1. The standard InChI is InChI=1S/C19H14N2/c1-3-9-16(10-4-1)20-15-21(17-11-5-2-6-12-17)19-14-8-7-13-18(19)20/h1-14H/q+2. The van der Waals surface area contributed by atoms with E-state index in [1.54, 1.807) is 0 Å². The Hall–Kier alpha value is -2.96. The van der Waals surface area contributed by atoms with E-state index in [0.29, 0.717) is 0 Å². The Morgan fingerprint density at radius 1 is 0.476 bits per heavy atom. The first-order valence-electron chi connectivity index (χ1n) is 6.99. The monoisotopic (exact) mass is 270 g/mol. The second kappa shape index (κ2) is 4.86. The molecule has 0 fully saturated rings. The Morgan fingerprint density at radius 3 is 1.29 bits per heavy atom. The zero-order valence-corrected chi connectivity index (χ0v) is 11.5. The molecule has 0 saturated carbocycles. The Bertz CT molecular complexity index is 788. The van der Waals surface area contributed by atoms with Gasteiger partial charge in [0.2, 0.25) is 11.4 Å². The van der Waals surface area contributed by atoms with E-state index in [0.717, 1.165) is 22.7 Å². The molecule has 0 radical (unpaired) electrons. The van der Waals surface area contributed by atoms with E-state index in [1.807, 2.05) is 36.4 Å². The van der Waals surface area contributed by atoms with Crippen molar-refractivity contribution in [2.24, 2.45) is 0 Å². The molecule has 0 spiro atoms. The average Bonchev–Trinajstić information content (AvgIpc) is 2.96. The lowest BCUT2D eigenvalue weighted by Crippen LogP contribution is -2.00. The molecule has 1 aliphatic rings. The van der Waals surface area contributed by atoms with Crippen molar-refractivity contribution in [1.29, 1.82) is 0 Å². The Kier molecular flexibility index (Phi) is 2.74. The number of hydrogen-bond acceptors (Lipinski definition) is 0. The van der Waals surface area contributed by atoms with Gasteiger partial charge < -0.3 is 0 Å². The summed E-state index contributed by atoms with van der Waals surface area (Å²) in [7, 11) is 0. The Morgan fingerprint density at radius 2 is 0.857 bits per heavy atom. The fourth-order valence-electron chi connectivity index (χ4n) is 2.60. The summed E-state index contributed by atoms with van der Waals surface area (Å²) < 4.78 is 4.20. The Balaban J connectivity index is 1.98. The molecule has 2 heteroatoms. The highest BCUT2D eigenvalue weighted by atomic mass is 15.2. The topological polar surface area (TPSA) is 6.02 Å². The molecule has 2 nitrogen and oxygen atoms in total. The van der Waals surface area contributed by atoms with Crippen molar-refractivity contribution in [3.63, 3.8) is 0 Å². The van der Waals surface area contributed by atoms with Crippen LogP contribution < -0.4 is 9.15 Å². The molecule has 3 aromatic carbocycles.